The summed E-state index contributed by atoms with van der Waals surface area (Å²) in [7, 11) is -3.27. The minimum Gasteiger partial charge on any atom is -0.314 e. The van der Waals surface area contributed by atoms with E-state index in [1.54, 1.807) is 8.61 Å². The Morgan fingerprint density at radius 3 is 2.35 bits per heavy atom. The Balaban J connectivity index is 2.72. The summed E-state index contributed by atoms with van der Waals surface area (Å²) in [6.07, 6.45) is 3.05. The summed E-state index contributed by atoms with van der Waals surface area (Å²) in [4.78, 5) is 0. The normalized spacial score (nSPS) is 25.2. The first-order valence-corrected chi connectivity index (χ1v) is 9.39. The highest BCUT2D eigenvalue weighted by molar-refractivity contribution is 7.86. The highest BCUT2D eigenvalue weighted by atomic mass is 32.2. The molecule has 2 unspecified atom stereocenters. The third kappa shape index (κ3) is 4.16. The predicted octanol–water partition coefficient (Wildman–Crippen LogP) is 1.67. The van der Waals surface area contributed by atoms with Crippen LogP contribution >= 0.6 is 0 Å². The van der Waals surface area contributed by atoms with E-state index >= 15 is 0 Å². The Morgan fingerprint density at radius 1 is 1.20 bits per heavy atom. The standard InChI is InChI=1S/C14H31N3O2S/c1-5-10-15-14-9-11-17(12-13(14)6-2)20(18,19)16(7-3)8-4/h13-15H,5-12H2,1-4H3. The first-order chi connectivity index (χ1) is 9.51. The molecule has 0 saturated carbocycles. The van der Waals surface area contributed by atoms with Crippen molar-refractivity contribution in [1.29, 1.82) is 0 Å². The van der Waals surface area contributed by atoms with E-state index in [9.17, 15) is 8.42 Å². The quantitative estimate of drug-likeness (QED) is 0.742. The van der Waals surface area contributed by atoms with Crippen molar-refractivity contribution in [3.63, 3.8) is 0 Å². The van der Waals surface area contributed by atoms with Gasteiger partial charge in [-0.15, -0.1) is 0 Å². The van der Waals surface area contributed by atoms with E-state index in [1.807, 2.05) is 13.8 Å². The largest absolute Gasteiger partial charge is 0.314 e. The zero-order valence-corrected chi connectivity index (χ0v) is 14.2. The van der Waals surface area contributed by atoms with E-state index in [4.69, 9.17) is 0 Å². The van der Waals surface area contributed by atoms with Crippen LogP contribution in [0.15, 0.2) is 0 Å². The van der Waals surface area contributed by atoms with Crippen LogP contribution in [0, 0.1) is 5.92 Å². The molecule has 0 amide bonds. The van der Waals surface area contributed by atoms with Crippen LogP contribution in [0.1, 0.15) is 47.0 Å². The van der Waals surface area contributed by atoms with Crippen LogP contribution in [0.2, 0.25) is 0 Å². The van der Waals surface area contributed by atoms with Crippen LogP contribution in [0.3, 0.4) is 0 Å². The Morgan fingerprint density at radius 2 is 1.85 bits per heavy atom. The van der Waals surface area contributed by atoms with Crippen molar-refractivity contribution in [2.45, 2.75) is 53.0 Å². The molecule has 120 valence electrons. The van der Waals surface area contributed by atoms with Gasteiger partial charge in [0.15, 0.2) is 0 Å². The van der Waals surface area contributed by atoms with Crippen LogP contribution in [-0.4, -0.2) is 55.8 Å². The van der Waals surface area contributed by atoms with Crippen molar-refractivity contribution < 1.29 is 8.42 Å². The molecular formula is C14H31N3O2S. The third-order valence-corrected chi connectivity index (χ3v) is 6.39. The predicted molar refractivity (Wildman–Crippen MR) is 83.9 cm³/mol. The Hall–Kier alpha value is -0.170. The third-order valence-electron chi connectivity index (χ3n) is 4.24. The second kappa shape index (κ2) is 8.32. The molecular weight excluding hydrogens is 274 g/mol. The molecule has 1 aliphatic rings. The molecule has 0 aromatic heterocycles. The molecule has 0 aromatic rings. The number of piperidine rings is 1. The SMILES string of the molecule is CCCNC1CCN(S(=O)(=O)N(CC)CC)CC1CC. The topological polar surface area (TPSA) is 52.7 Å². The van der Waals surface area contributed by atoms with Crippen LogP contribution < -0.4 is 5.32 Å². The lowest BCUT2D eigenvalue weighted by Crippen LogP contribution is -2.54. The fourth-order valence-corrected chi connectivity index (χ4v) is 4.63. The first-order valence-electron chi connectivity index (χ1n) is 7.99. The maximum atomic E-state index is 12.6. The van der Waals surface area contributed by atoms with Gasteiger partial charge in [-0.2, -0.15) is 17.0 Å². The lowest BCUT2D eigenvalue weighted by Gasteiger charge is -2.39. The molecule has 1 saturated heterocycles. The van der Waals surface area contributed by atoms with Crippen molar-refractivity contribution in [3.05, 3.63) is 0 Å². The molecule has 6 heteroatoms. The summed E-state index contributed by atoms with van der Waals surface area (Å²) in [5.74, 6) is 0.417. The van der Waals surface area contributed by atoms with Crippen molar-refractivity contribution in [3.8, 4) is 0 Å². The van der Waals surface area contributed by atoms with E-state index in [0.717, 1.165) is 25.8 Å². The van der Waals surface area contributed by atoms with Gasteiger partial charge in [-0.1, -0.05) is 34.1 Å². The summed E-state index contributed by atoms with van der Waals surface area (Å²) < 4.78 is 28.4. The molecule has 2 atom stereocenters. The molecule has 5 nitrogen and oxygen atoms in total. The monoisotopic (exact) mass is 305 g/mol. The Bertz CT molecular complexity index is 369. The number of rotatable bonds is 8. The van der Waals surface area contributed by atoms with Gasteiger partial charge in [0.25, 0.3) is 10.2 Å². The van der Waals surface area contributed by atoms with E-state index < -0.39 is 10.2 Å². The zero-order chi connectivity index (χ0) is 15.2. The van der Waals surface area contributed by atoms with Gasteiger partial charge in [-0.05, 0) is 25.3 Å². The minimum atomic E-state index is -3.27. The second-order valence-corrected chi connectivity index (χ2v) is 7.40. The molecule has 0 aromatic carbocycles. The van der Waals surface area contributed by atoms with Crippen LogP contribution in [0.5, 0.6) is 0 Å². The second-order valence-electron chi connectivity index (χ2n) is 5.47. The van der Waals surface area contributed by atoms with E-state index in [2.05, 4.69) is 19.2 Å². The molecule has 1 rings (SSSR count). The van der Waals surface area contributed by atoms with Gasteiger partial charge < -0.3 is 5.32 Å². The van der Waals surface area contributed by atoms with Gasteiger partial charge in [0.1, 0.15) is 0 Å². The van der Waals surface area contributed by atoms with Gasteiger partial charge in [-0.25, -0.2) is 0 Å². The fourth-order valence-electron chi connectivity index (χ4n) is 2.93. The van der Waals surface area contributed by atoms with Crippen LogP contribution in [0.4, 0.5) is 0 Å². The zero-order valence-electron chi connectivity index (χ0n) is 13.4. The van der Waals surface area contributed by atoms with Crippen molar-refractivity contribution in [2.75, 3.05) is 32.7 Å². The molecule has 0 radical (unpaired) electrons. The van der Waals surface area contributed by atoms with Crippen molar-refractivity contribution >= 4 is 10.2 Å². The Kier molecular flexibility index (Phi) is 7.43. The minimum absolute atomic E-state index is 0.417. The molecule has 1 fully saturated rings. The van der Waals surface area contributed by atoms with Gasteiger partial charge in [0.05, 0.1) is 0 Å². The molecule has 0 aliphatic carbocycles. The maximum absolute atomic E-state index is 12.6. The van der Waals surface area contributed by atoms with Crippen LogP contribution in [0.25, 0.3) is 0 Å². The molecule has 1 N–H and O–H groups in total. The number of nitrogens with one attached hydrogen (secondary N) is 1. The average molecular weight is 305 g/mol. The summed E-state index contributed by atoms with van der Waals surface area (Å²) in [6.45, 7) is 11.5. The molecule has 1 heterocycles. The lowest BCUT2D eigenvalue weighted by atomic mass is 9.91. The molecule has 1 aliphatic heterocycles. The van der Waals surface area contributed by atoms with Gasteiger partial charge >= 0.3 is 0 Å². The van der Waals surface area contributed by atoms with E-state index in [1.165, 1.54) is 0 Å². The van der Waals surface area contributed by atoms with E-state index in [-0.39, 0.29) is 0 Å². The van der Waals surface area contributed by atoms with E-state index in [0.29, 0.717) is 38.1 Å². The first kappa shape index (κ1) is 17.9. The Labute approximate surface area is 124 Å². The highest BCUT2D eigenvalue weighted by Crippen LogP contribution is 2.23. The summed E-state index contributed by atoms with van der Waals surface area (Å²) in [5, 5.41) is 3.57. The summed E-state index contributed by atoms with van der Waals surface area (Å²) >= 11 is 0. The fraction of sp³-hybridized carbons (Fsp3) is 1.00. The van der Waals surface area contributed by atoms with Crippen molar-refractivity contribution in [1.82, 2.24) is 13.9 Å². The molecule has 0 spiro atoms. The van der Waals surface area contributed by atoms with Gasteiger partial charge in [0, 0.05) is 32.2 Å². The summed E-state index contributed by atoms with van der Waals surface area (Å²) in [6, 6.07) is 0.461. The number of hydrogen-bond donors (Lipinski definition) is 1. The van der Waals surface area contributed by atoms with Crippen LogP contribution in [-0.2, 0) is 10.2 Å². The highest BCUT2D eigenvalue weighted by Gasteiger charge is 2.35. The van der Waals surface area contributed by atoms with Crippen molar-refractivity contribution in [2.24, 2.45) is 5.92 Å². The van der Waals surface area contributed by atoms with Gasteiger partial charge in [-0.3, -0.25) is 0 Å². The maximum Gasteiger partial charge on any atom is 0.281 e. The number of hydrogen-bond acceptors (Lipinski definition) is 3. The molecule has 20 heavy (non-hydrogen) atoms. The molecule has 0 bridgehead atoms. The number of nitrogens with zero attached hydrogens (tertiary/aromatic N) is 2. The summed E-state index contributed by atoms with van der Waals surface area (Å²) in [5.41, 5.74) is 0. The smallest absolute Gasteiger partial charge is 0.281 e. The van der Waals surface area contributed by atoms with Gasteiger partial charge in [0.2, 0.25) is 0 Å². The lowest BCUT2D eigenvalue weighted by molar-refractivity contribution is 0.193. The average Bonchev–Trinajstić information content (AvgIpc) is 2.45.